The van der Waals surface area contributed by atoms with Gasteiger partial charge < -0.3 is 10.1 Å². The summed E-state index contributed by atoms with van der Waals surface area (Å²) in [6, 6.07) is 1.78. The zero-order valence-corrected chi connectivity index (χ0v) is 10.9. The van der Waals surface area contributed by atoms with Gasteiger partial charge in [-0.15, -0.1) is 0 Å². The highest BCUT2D eigenvalue weighted by Crippen LogP contribution is 2.17. The van der Waals surface area contributed by atoms with E-state index in [1.54, 1.807) is 29.3 Å². The molecule has 1 fully saturated rings. The highest BCUT2D eigenvalue weighted by Gasteiger charge is 2.23. The third-order valence-corrected chi connectivity index (χ3v) is 3.11. The predicted molar refractivity (Wildman–Crippen MR) is 71.4 cm³/mol. The second-order valence-corrected chi connectivity index (χ2v) is 4.52. The van der Waals surface area contributed by atoms with Gasteiger partial charge in [0.05, 0.1) is 0 Å². The lowest BCUT2D eigenvalue weighted by Crippen LogP contribution is -2.33. The van der Waals surface area contributed by atoms with Crippen LogP contribution in [0.25, 0.3) is 5.82 Å². The molecule has 2 aromatic rings. The third kappa shape index (κ3) is 2.67. The first-order valence-electron chi connectivity index (χ1n) is 6.58. The Labute approximate surface area is 116 Å². The van der Waals surface area contributed by atoms with Gasteiger partial charge in [-0.3, -0.25) is 4.79 Å². The number of nitrogens with zero attached hydrogens (tertiary/aromatic N) is 4. The van der Waals surface area contributed by atoms with Crippen LogP contribution >= 0.6 is 0 Å². The fourth-order valence-corrected chi connectivity index (χ4v) is 2.13. The van der Waals surface area contributed by atoms with Crippen molar-refractivity contribution >= 4 is 11.7 Å². The van der Waals surface area contributed by atoms with Gasteiger partial charge in [-0.25, -0.2) is 14.6 Å². The van der Waals surface area contributed by atoms with Gasteiger partial charge in [0.15, 0.2) is 11.6 Å². The zero-order valence-electron chi connectivity index (χ0n) is 10.9. The molecule has 1 saturated heterocycles. The second kappa shape index (κ2) is 5.79. The average Bonchev–Trinajstić information content (AvgIpc) is 3.03. The molecule has 3 heterocycles. The molecule has 0 spiro atoms. The molecule has 20 heavy (non-hydrogen) atoms. The summed E-state index contributed by atoms with van der Waals surface area (Å²) in [4.78, 5) is 20.5. The molecule has 1 atom stereocenters. The topological polar surface area (TPSA) is 81.9 Å². The maximum Gasteiger partial charge on any atom is 0.254 e. The maximum absolute atomic E-state index is 12.2. The van der Waals surface area contributed by atoms with Crippen LogP contribution in [0, 0.1) is 0 Å². The molecule has 0 aromatic carbocycles. The monoisotopic (exact) mass is 273 g/mol. The van der Waals surface area contributed by atoms with Crippen LogP contribution in [0.2, 0.25) is 0 Å². The first kappa shape index (κ1) is 12.7. The van der Waals surface area contributed by atoms with Gasteiger partial charge >= 0.3 is 0 Å². The summed E-state index contributed by atoms with van der Waals surface area (Å²) in [6.07, 6.45) is 8.83. The van der Waals surface area contributed by atoms with Gasteiger partial charge in [-0.05, 0) is 25.3 Å². The molecule has 0 bridgehead atoms. The van der Waals surface area contributed by atoms with Gasteiger partial charge in [-0.1, -0.05) is 0 Å². The normalized spacial score (nSPS) is 18.7. The fourth-order valence-electron chi connectivity index (χ4n) is 2.13. The highest BCUT2D eigenvalue weighted by molar-refractivity contribution is 5.94. The molecule has 3 rings (SSSR count). The van der Waals surface area contributed by atoms with Crippen LogP contribution in [0.4, 0.5) is 5.82 Å². The van der Waals surface area contributed by atoms with Crippen molar-refractivity contribution in [1.82, 2.24) is 19.7 Å². The molecule has 1 aliphatic heterocycles. The van der Waals surface area contributed by atoms with Gasteiger partial charge in [0.2, 0.25) is 0 Å². The Bertz CT molecular complexity index is 578. The summed E-state index contributed by atoms with van der Waals surface area (Å²) >= 11 is 0. The third-order valence-electron chi connectivity index (χ3n) is 3.11. The molecule has 0 radical (unpaired) electrons. The Morgan fingerprint density at radius 2 is 2.20 bits per heavy atom. The molecule has 104 valence electrons. The largest absolute Gasteiger partial charge is 0.368 e. The minimum atomic E-state index is -0.406. The van der Waals surface area contributed by atoms with E-state index in [9.17, 15) is 4.79 Å². The first-order valence-corrected chi connectivity index (χ1v) is 6.58. The maximum atomic E-state index is 12.2. The van der Waals surface area contributed by atoms with Crippen molar-refractivity contribution in [2.45, 2.75) is 25.4 Å². The summed E-state index contributed by atoms with van der Waals surface area (Å²) in [5, 5.41) is 6.87. The van der Waals surface area contributed by atoms with E-state index in [2.05, 4.69) is 20.4 Å². The smallest absolute Gasteiger partial charge is 0.254 e. The molecule has 7 nitrogen and oxygen atoms in total. The highest BCUT2D eigenvalue weighted by atomic mass is 16.5. The van der Waals surface area contributed by atoms with E-state index in [1.807, 2.05) is 0 Å². The molecule has 1 N–H and O–H groups in total. The van der Waals surface area contributed by atoms with E-state index in [4.69, 9.17) is 4.74 Å². The van der Waals surface area contributed by atoms with Crippen LogP contribution in [0.1, 0.15) is 19.3 Å². The van der Waals surface area contributed by atoms with Crippen LogP contribution < -0.4 is 5.32 Å². The van der Waals surface area contributed by atoms with Gasteiger partial charge in [0.25, 0.3) is 5.91 Å². The lowest BCUT2D eigenvalue weighted by molar-refractivity contribution is -0.130. The summed E-state index contributed by atoms with van der Waals surface area (Å²) in [7, 11) is 0. The Kier molecular flexibility index (Phi) is 3.69. The van der Waals surface area contributed by atoms with Crippen molar-refractivity contribution in [3.05, 3.63) is 30.9 Å². The molecule has 0 aliphatic carbocycles. The molecule has 0 saturated carbocycles. The van der Waals surface area contributed by atoms with E-state index in [0.29, 0.717) is 18.2 Å². The number of anilines is 1. The summed E-state index contributed by atoms with van der Waals surface area (Å²) < 4.78 is 7.02. The molecule has 2 aromatic heterocycles. The average molecular weight is 273 g/mol. The van der Waals surface area contributed by atoms with Crippen molar-refractivity contribution in [2.24, 2.45) is 0 Å². The predicted octanol–water partition coefficient (Wildman–Crippen LogP) is 1.17. The number of carbonyl (C=O) groups is 1. The van der Waals surface area contributed by atoms with Crippen molar-refractivity contribution in [3.63, 3.8) is 0 Å². The molecular formula is C13H15N5O2. The SMILES string of the molecule is O=C(Nc1nccnc1-n1cccn1)C1CCCCO1. The molecular weight excluding hydrogens is 258 g/mol. The fraction of sp³-hybridized carbons (Fsp3) is 0.385. The zero-order chi connectivity index (χ0) is 13.8. The standard InChI is InChI=1S/C13H15N5O2/c19-13(10-4-1-2-9-20-10)17-11-12(15-7-6-14-11)18-8-3-5-16-18/h3,5-8,10H,1-2,4,9H2,(H,14,17,19). The van der Waals surface area contributed by atoms with Crippen LogP contribution in [0.5, 0.6) is 0 Å². The molecule has 1 unspecified atom stereocenters. The van der Waals surface area contributed by atoms with Crippen LogP contribution in [0.15, 0.2) is 30.9 Å². The Morgan fingerprint density at radius 3 is 2.95 bits per heavy atom. The van der Waals surface area contributed by atoms with Crippen molar-refractivity contribution in [1.29, 1.82) is 0 Å². The van der Waals surface area contributed by atoms with E-state index < -0.39 is 6.10 Å². The van der Waals surface area contributed by atoms with Crippen molar-refractivity contribution < 1.29 is 9.53 Å². The minimum Gasteiger partial charge on any atom is -0.368 e. The van der Waals surface area contributed by atoms with E-state index >= 15 is 0 Å². The number of carbonyl (C=O) groups excluding carboxylic acids is 1. The van der Waals surface area contributed by atoms with Crippen molar-refractivity contribution in [2.75, 3.05) is 11.9 Å². The number of amides is 1. The number of nitrogens with one attached hydrogen (secondary N) is 1. The number of ether oxygens (including phenoxy) is 1. The van der Waals surface area contributed by atoms with Crippen LogP contribution in [0.3, 0.4) is 0 Å². The summed E-state index contributed by atoms with van der Waals surface area (Å²) in [5.41, 5.74) is 0. The van der Waals surface area contributed by atoms with Gasteiger partial charge in [-0.2, -0.15) is 5.10 Å². The van der Waals surface area contributed by atoms with Gasteiger partial charge in [0.1, 0.15) is 6.10 Å². The first-order chi connectivity index (χ1) is 9.84. The molecule has 1 amide bonds. The quantitative estimate of drug-likeness (QED) is 0.907. The summed E-state index contributed by atoms with van der Waals surface area (Å²) in [6.45, 7) is 0.630. The second-order valence-electron chi connectivity index (χ2n) is 4.52. The van der Waals surface area contributed by atoms with Crippen LogP contribution in [-0.2, 0) is 9.53 Å². The minimum absolute atomic E-state index is 0.182. The van der Waals surface area contributed by atoms with E-state index in [-0.39, 0.29) is 5.91 Å². The molecule has 7 heteroatoms. The number of hydrogen-bond donors (Lipinski definition) is 1. The van der Waals surface area contributed by atoms with Crippen LogP contribution in [-0.4, -0.2) is 38.4 Å². The van der Waals surface area contributed by atoms with Gasteiger partial charge in [0, 0.05) is 31.4 Å². The lowest BCUT2D eigenvalue weighted by atomic mass is 10.1. The Hall–Kier alpha value is -2.28. The molecule has 1 aliphatic rings. The Morgan fingerprint density at radius 1 is 1.30 bits per heavy atom. The van der Waals surface area contributed by atoms with Crippen molar-refractivity contribution in [3.8, 4) is 5.82 Å². The number of rotatable bonds is 3. The van der Waals surface area contributed by atoms with E-state index in [1.165, 1.54) is 6.20 Å². The Balaban J connectivity index is 1.79. The number of hydrogen-bond acceptors (Lipinski definition) is 5. The summed E-state index contributed by atoms with van der Waals surface area (Å²) in [5.74, 6) is 0.690. The lowest BCUT2D eigenvalue weighted by Gasteiger charge is -2.21. The van der Waals surface area contributed by atoms with E-state index in [0.717, 1.165) is 19.3 Å². The number of aromatic nitrogens is 4.